The van der Waals surface area contributed by atoms with E-state index in [1.54, 1.807) is 39.0 Å². The molecule has 0 aliphatic carbocycles. The molecule has 4 rings (SSSR count). The quantitative estimate of drug-likeness (QED) is 0.392. The van der Waals surface area contributed by atoms with Gasteiger partial charge in [-0.2, -0.15) is 0 Å². The molecule has 0 spiro atoms. The minimum absolute atomic E-state index is 0.0295. The van der Waals surface area contributed by atoms with E-state index in [1.165, 1.54) is 6.08 Å². The van der Waals surface area contributed by atoms with Crippen LogP contribution in [0.2, 0.25) is 0 Å². The second-order valence-electron chi connectivity index (χ2n) is 8.30. The van der Waals surface area contributed by atoms with Crippen molar-refractivity contribution < 1.29 is 23.8 Å². The van der Waals surface area contributed by atoms with Crippen LogP contribution in [0.4, 0.5) is 0 Å². The van der Waals surface area contributed by atoms with Crippen LogP contribution >= 0.6 is 0 Å². The van der Waals surface area contributed by atoms with Gasteiger partial charge in [-0.15, -0.1) is 0 Å². The van der Waals surface area contributed by atoms with Crippen LogP contribution in [0, 0.1) is 6.92 Å². The number of para-hydroxylation sites is 1. The molecule has 7 nitrogen and oxygen atoms in total. The van der Waals surface area contributed by atoms with Gasteiger partial charge < -0.3 is 19.6 Å². The summed E-state index contributed by atoms with van der Waals surface area (Å²) in [6, 6.07) is 14.2. The van der Waals surface area contributed by atoms with Gasteiger partial charge >= 0.3 is 11.9 Å². The van der Waals surface area contributed by atoms with Gasteiger partial charge in [-0.05, 0) is 26.8 Å². The molecule has 0 saturated heterocycles. The minimum Gasteiger partial charge on any atom is -0.478 e. The van der Waals surface area contributed by atoms with E-state index in [4.69, 9.17) is 9.15 Å². The van der Waals surface area contributed by atoms with Crippen LogP contribution in [0.15, 0.2) is 92.9 Å². The molecule has 0 saturated carbocycles. The molecule has 178 valence electrons. The molecule has 1 atom stereocenters. The molecule has 2 aromatic carbocycles. The normalized spacial score (nSPS) is 15.7. The Kier molecular flexibility index (Phi) is 6.42. The third-order valence-corrected chi connectivity index (χ3v) is 6.07. The number of carboxylic acid groups (broad SMARTS) is 1. The van der Waals surface area contributed by atoms with Gasteiger partial charge in [0.2, 0.25) is 0 Å². The van der Waals surface area contributed by atoms with Gasteiger partial charge in [-0.25, -0.2) is 9.59 Å². The summed E-state index contributed by atoms with van der Waals surface area (Å²) in [6.07, 6.45) is 1.43. The molecule has 7 heteroatoms. The van der Waals surface area contributed by atoms with Gasteiger partial charge in [-0.1, -0.05) is 55.1 Å². The number of dihydropyridines is 1. The fraction of sp³-hybridized carbons (Fsp3) is 0.179. The Morgan fingerprint density at radius 2 is 1.74 bits per heavy atom. The lowest BCUT2D eigenvalue weighted by molar-refractivity contribution is -0.138. The van der Waals surface area contributed by atoms with Gasteiger partial charge in [0, 0.05) is 28.1 Å². The number of rotatable bonds is 6. The molecule has 0 bridgehead atoms. The Morgan fingerprint density at radius 1 is 1.06 bits per heavy atom. The zero-order valence-corrected chi connectivity index (χ0v) is 19.7. The summed E-state index contributed by atoms with van der Waals surface area (Å²) in [4.78, 5) is 38.8. The SMILES string of the molecule is C=CCOC(=O)C1=C(C)NC(C)=C(C(=O)O)C1c1cccc2c(=O)c(C)c(-c3ccccc3)oc12. The van der Waals surface area contributed by atoms with Gasteiger partial charge in [0.25, 0.3) is 0 Å². The second-order valence-corrected chi connectivity index (χ2v) is 8.30. The Hall–Kier alpha value is -4.39. The maximum absolute atomic E-state index is 13.3. The third-order valence-electron chi connectivity index (χ3n) is 6.07. The smallest absolute Gasteiger partial charge is 0.337 e. The average Bonchev–Trinajstić information content (AvgIpc) is 2.84. The Bertz CT molecular complexity index is 1480. The molecular weight excluding hydrogens is 446 g/mol. The highest BCUT2D eigenvalue weighted by molar-refractivity contribution is 6.01. The van der Waals surface area contributed by atoms with Crippen molar-refractivity contribution >= 4 is 22.9 Å². The molecule has 0 amide bonds. The molecule has 2 N–H and O–H groups in total. The van der Waals surface area contributed by atoms with E-state index in [1.807, 2.05) is 30.3 Å². The topological polar surface area (TPSA) is 106 Å². The molecule has 35 heavy (non-hydrogen) atoms. The van der Waals surface area contributed by atoms with E-state index >= 15 is 0 Å². The predicted molar refractivity (Wildman–Crippen MR) is 133 cm³/mol. The van der Waals surface area contributed by atoms with Gasteiger partial charge in [0.1, 0.15) is 18.0 Å². The highest BCUT2D eigenvalue weighted by Gasteiger charge is 2.39. The van der Waals surface area contributed by atoms with Crippen LogP contribution < -0.4 is 10.7 Å². The summed E-state index contributed by atoms with van der Waals surface area (Å²) in [5.74, 6) is -2.51. The van der Waals surface area contributed by atoms with Crippen LogP contribution in [0.25, 0.3) is 22.3 Å². The lowest BCUT2D eigenvalue weighted by Gasteiger charge is -2.30. The number of esters is 1. The Labute approximate surface area is 202 Å². The zero-order chi connectivity index (χ0) is 25.3. The number of fused-ring (bicyclic) bond motifs is 1. The van der Waals surface area contributed by atoms with Crippen molar-refractivity contribution in [2.24, 2.45) is 0 Å². The van der Waals surface area contributed by atoms with E-state index < -0.39 is 17.9 Å². The van der Waals surface area contributed by atoms with Crippen molar-refractivity contribution in [2.75, 3.05) is 6.61 Å². The Morgan fingerprint density at radius 3 is 2.40 bits per heavy atom. The van der Waals surface area contributed by atoms with E-state index in [2.05, 4.69) is 11.9 Å². The first kappa shape index (κ1) is 23.8. The number of hydrogen-bond acceptors (Lipinski definition) is 6. The first-order valence-corrected chi connectivity index (χ1v) is 11.1. The number of allylic oxidation sites excluding steroid dienone is 2. The fourth-order valence-electron chi connectivity index (χ4n) is 4.50. The van der Waals surface area contributed by atoms with E-state index in [0.29, 0.717) is 39.2 Å². The highest BCUT2D eigenvalue weighted by atomic mass is 16.5. The molecule has 0 radical (unpaired) electrons. The van der Waals surface area contributed by atoms with Crippen molar-refractivity contribution in [3.8, 4) is 11.3 Å². The molecule has 1 aliphatic heterocycles. The van der Waals surface area contributed by atoms with Crippen molar-refractivity contribution in [2.45, 2.75) is 26.7 Å². The number of hydrogen-bond donors (Lipinski definition) is 2. The van der Waals surface area contributed by atoms with Crippen LogP contribution in [-0.4, -0.2) is 23.7 Å². The summed E-state index contributed by atoms with van der Waals surface area (Å²) in [6.45, 7) is 8.54. The molecular formula is C28H25NO6. The summed E-state index contributed by atoms with van der Waals surface area (Å²) >= 11 is 0. The van der Waals surface area contributed by atoms with Crippen molar-refractivity contribution in [3.63, 3.8) is 0 Å². The fourth-order valence-corrected chi connectivity index (χ4v) is 4.50. The van der Waals surface area contributed by atoms with Crippen LogP contribution in [-0.2, 0) is 14.3 Å². The molecule has 0 fully saturated rings. The maximum Gasteiger partial charge on any atom is 0.337 e. The zero-order valence-electron chi connectivity index (χ0n) is 19.7. The molecule has 3 aromatic rings. The number of benzene rings is 2. The van der Waals surface area contributed by atoms with Gasteiger partial charge in [0.15, 0.2) is 5.43 Å². The number of ether oxygens (including phenoxy) is 1. The van der Waals surface area contributed by atoms with Crippen LogP contribution in [0.1, 0.15) is 30.9 Å². The standard InChI is InChI=1S/C28H25NO6/c1-5-14-34-28(33)22-17(4)29-16(3)21(27(31)32)23(22)19-12-9-13-20-24(30)15(2)25(35-26(19)20)18-10-7-6-8-11-18/h5-13,23,29H,1,14H2,2-4H3,(H,31,32). The molecule has 1 unspecified atom stereocenters. The van der Waals surface area contributed by atoms with Gasteiger partial charge in [0.05, 0.1) is 22.5 Å². The highest BCUT2D eigenvalue weighted by Crippen LogP contribution is 2.42. The third kappa shape index (κ3) is 4.17. The first-order chi connectivity index (χ1) is 16.8. The number of carbonyl (C=O) groups excluding carboxylic acids is 1. The first-order valence-electron chi connectivity index (χ1n) is 11.1. The average molecular weight is 472 g/mol. The number of nitrogens with one attached hydrogen (secondary N) is 1. The second kappa shape index (κ2) is 9.46. The van der Waals surface area contributed by atoms with Crippen LogP contribution in [0.3, 0.4) is 0 Å². The summed E-state index contributed by atoms with van der Waals surface area (Å²) < 4.78 is 11.6. The van der Waals surface area contributed by atoms with Crippen LogP contribution in [0.5, 0.6) is 0 Å². The lowest BCUT2D eigenvalue weighted by Crippen LogP contribution is -2.32. The summed E-state index contributed by atoms with van der Waals surface area (Å²) in [5, 5.41) is 13.4. The molecule has 2 heterocycles. The lowest BCUT2D eigenvalue weighted by atomic mass is 9.79. The Balaban J connectivity index is 2.05. The maximum atomic E-state index is 13.3. The summed E-state index contributed by atoms with van der Waals surface area (Å²) in [7, 11) is 0. The largest absolute Gasteiger partial charge is 0.478 e. The van der Waals surface area contributed by atoms with E-state index in [9.17, 15) is 19.5 Å². The minimum atomic E-state index is -1.20. The van der Waals surface area contributed by atoms with E-state index in [-0.39, 0.29) is 28.8 Å². The predicted octanol–water partition coefficient (Wildman–Crippen LogP) is 4.82. The van der Waals surface area contributed by atoms with Crippen molar-refractivity contribution in [3.05, 3.63) is 105 Å². The van der Waals surface area contributed by atoms with Crippen molar-refractivity contribution in [1.29, 1.82) is 0 Å². The molecule has 1 aromatic heterocycles. The monoisotopic (exact) mass is 471 g/mol. The number of aliphatic carboxylic acids is 1. The van der Waals surface area contributed by atoms with Gasteiger partial charge in [-0.3, -0.25) is 4.79 Å². The van der Waals surface area contributed by atoms with Crippen molar-refractivity contribution in [1.82, 2.24) is 5.32 Å². The summed E-state index contributed by atoms with van der Waals surface area (Å²) in [5.41, 5.74) is 2.48. The molecule has 1 aliphatic rings. The number of carbonyl (C=O) groups is 2. The number of carboxylic acids is 1. The van der Waals surface area contributed by atoms with E-state index in [0.717, 1.165) is 0 Å².